The Bertz CT molecular complexity index is 3340. The number of nitrogens with zero attached hydrogens (tertiary/aromatic N) is 3. The summed E-state index contributed by atoms with van der Waals surface area (Å²) in [5.74, 6) is 1.02. The van der Waals surface area contributed by atoms with E-state index in [1.54, 1.807) is 0 Å². The van der Waals surface area contributed by atoms with E-state index in [-0.39, 0.29) is 18.2 Å². The van der Waals surface area contributed by atoms with Gasteiger partial charge in [-0.2, -0.15) is 0 Å². The molecule has 0 bridgehead atoms. The number of rotatable bonds is 5. The van der Waals surface area contributed by atoms with Crippen molar-refractivity contribution in [2.75, 3.05) is 7.05 Å². The van der Waals surface area contributed by atoms with Crippen molar-refractivity contribution in [1.82, 2.24) is 14.8 Å². The third-order valence-corrected chi connectivity index (χ3v) is 12.3. The summed E-state index contributed by atoms with van der Waals surface area (Å²) >= 11 is 0. The minimum atomic E-state index is -0.0957. The van der Waals surface area contributed by atoms with Crippen molar-refractivity contribution < 1.29 is 8.83 Å². The summed E-state index contributed by atoms with van der Waals surface area (Å²) in [7, 11) is 2.17. The van der Waals surface area contributed by atoms with Crippen LogP contribution in [0, 0.1) is 5.92 Å². The van der Waals surface area contributed by atoms with E-state index < -0.39 is 0 Å². The van der Waals surface area contributed by atoms with Crippen molar-refractivity contribution in [3.05, 3.63) is 186 Å². The van der Waals surface area contributed by atoms with Gasteiger partial charge < -0.3 is 18.7 Å². The van der Waals surface area contributed by atoms with Gasteiger partial charge in [0, 0.05) is 38.2 Å². The van der Waals surface area contributed by atoms with E-state index in [4.69, 9.17) is 13.8 Å². The van der Waals surface area contributed by atoms with Gasteiger partial charge >= 0.3 is 0 Å². The summed E-state index contributed by atoms with van der Waals surface area (Å²) in [5, 5.41) is 10.7. The highest BCUT2D eigenvalue weighted by Gasteiger charge is 2.35. The molecule has 6 heteroatoms. The van der Waals surface area contributed by atoms with Crippen LogP contribution in [-0.2, 0) is 0 Å². The summed E-state index contributed by atoms with van der Waals surface area (Å²) in [6.07, 6.45) is 5.38. The highest BCUT2D eigenvalue weighted by Crippen LogP contribution is 2.40. The molecule has 7 aromatic carbocycles. The van der Waals surface area contributed by atoms with E-state index in [1.807, 2.05) is 6.07 Å². The second-order valence-electron chi connectivity index (χ2n) is 15.5. The highest BCUT2D eigenvalue weighted by atomic mass is 16.3. The Morgan fingerprint density at radius 1 is 0.603 bits per heavy atom. The van der Waals surface area contributed by atoms with E-state index >= 15 is 0 Å². The first kappa shape index (κ1) is 33.0. The monoisotopic (exact) mass is 750 g/mol. The number of hydrogen-bond acceptors (Lipinski definition) is 5. The second-order valence-corrected chi connectivity index (χ2v) is 15.5. The molecule has 0 amide bonds. The Morgan fingerprint density at radius 2 is 1.29 bits per heavy atom. The molecular formula is C52H38N4O2. The number of aliphatic imine (C=N–C) groups is 1. The van der Waals surface area contributed by atoms with E-state index in [0.29, 0.717) is 0 Å². The average molecular weight is 751 g/mol. The first-order valence-electron chi connectivity index (χ1n) is 20.0. The lowest BCUT2D eigenvalue weighted by Gasteiger charge is -2.41. The Balaban J connectivity index is 0.960. The number of benzene rings is 7. The average Bonchev–Trinajstić information content (AvgIpc) is 3.96. The molecule has 3 unspecified atom stereocenters. The molecule has 4 heterocycles. The van der Waals surface area contributed by atoms with Gasteiger partial charge in [-0.3, -0.25) is 4.90 Å². The SMILES string of the molecule is CN1C(c2ccccc2)NC(c2ccccc2)=NC1C1C=c2oc3cccc(-c4ccc5c(c4)oc4cccc(-n6c7ccccc7c7ccccc76)c45)c3c2=CC1. The number of nitrogens with one attached hydrogen (secondary N) is 1. The zero-order valence-corrected chi connectivity index (χ0v) is 31.8. The van der Waals surface area contributed by atoms with Gasteiger partial charge in [-0.25, -0.2) is 4.99 Å². The molecule has 10 aromatic rings. The lowest BCUT2D eigenvalue weighted by atomic mass is 9.92. The Labute approximate surface area is 334 Å². The van der Waals surface area contributed by atoms with Crippen LogP contribution in [0.25, 0.3) is 83.7 Å². The molecule has 1 N–H and O–H groups in total. The van der Waals surface area contributed by atoms with Crippen LogP contribution >= 0.6 is 0 Å². The number of aromatic nitrogens is 1. The lowest BCUT2D eigenvalue weighted by Crippen LogP contribution is -2.52. The summed E-state index contributed by atoms with van der Waals surface area (Å²) in [5.41, 5.74) is 11.5. The molecule has 0 saturated heterocycles. The highest BCUT2D eigenvalue weighted by molar-refractivity contribution is 6.15. The fraction of sp³-hybridized carbons (Fsp3) is 0.0962. The molecule has 0 fully saturated rings. The van der Waals surface area contributed by atoms with E-state index in [2.05, 4.69) is 192 Å². The van der Waals surface area contributed by atoms with Crippen molar-refractivity contribution >= 4 is 72.7 Å². The largest absolute Gasteiger partial charge is 0.456 e. The third-order valence-electron chi connectivity index (χ3n) is 12.3. The molecule has 2 aliphatic rings. The van der Waals surface area contributed by atoms with Gasteiger partial charge in [0.25, 0.3) is 0 Å². The Morgan fingerprint density at radius 3 is 2.07 bits per heavy atom. The van der Waals surface area contributed by atoms with E-state index in [9.17, 15) is 0 Å². The van der Waals surface area contributed by atoms with Crippen LogP contribution in [0.4, 0.5) is 0 Å². The molecule has 0 radical (unpaired) electrons. The summed E-state index contributed by atoms with van der Waals surface area (Å²) in [6.45, 7) is 0. The van der Waals surface area contributed by atoms with Gasteiger partial charge in [0.1, 0.15) is 40.3 Å². The van der Waals surface area contributed by atoms with Gasteiger partial charge in [0.2, 0.25) is 0 Å². The topological polar surface area (TPSA) is 58.8 Å². The van der Waals surface area contributed by atoms with Crippen LogP contribution in [0.2, 0.25) is 0 Å². The van der Waals surface area contributed by atoms with Crippen molar-refractivity contribution in [2.45, 2.75) is 18.8 Å². The van der Waals surface area contributed by atoms with Gasteiger partial charge in [0.05, 0.1) is 22.1 Å². The van der Waals surface area contributed by atoms with Crippen LogP contribution in [0.1, 0.15) is 23.7 Å². The standard InChI is InChI=1S/C52H38N4O2/c1-55-51(33-16-6-3-7-17-33)53-50(32-14-4-2-5-15-32)54-52(55)35-27-29-39-47(31-35)57-44-24-12-20-36(48(39)44)34-26-28-40-46(30-34)58-45-25-13-23-43(49(40)45)56-41-21-10-8-18-37(41)38-19-9-11-22-42(38)56/h2-26,28-31,35,51-52H,27H2,1H3,(H,53,54). The van der Waals surface area contributed by atoms with Crippen molar-refractivity contribution in [3.63, 3.8) is 0 Å². The lowest BCUT2D eigenvalue weighted by molar-refractivity contribution is 0.126. The predicted octanol–water partition coefficient (Wildman–Crippen LogP) is 10.7. The molecule has 3 atom stereocenters. The maximum absolute atomic E-state index is 6.70. The minimum Gasteiger partial charge on any atom is -0.456 e. The van der Waals surface area contributed by atoms with Crippen LogP contribution < -0.4 is 16.0 Å². The molecule has 0 saturated carbocycles. The molecule has 12 rings (SSSR count). The van der Waals surface area contributed by atoms with Crippen molar-refractivity contribution in [1.29, 1.82) is 0 Å². The van der Waals surface area contributed by atoms with Gasteiger partial charge in [-0.1, -0.05) is 127 Å². The number of fused-ring (bicyclic) bond motifs is 9. The summed E-state index contributed by atoms with van der Waals surface area (Å²) in [6, 6.07) is 57.8. The van der Waals surface area contributed by atoms with Gasteiger partial charge in [0.15, 0.2) is 0 Å². The predicted molar refractivity (Wildman–Crippen MR) is 236 cm³/mol. The fourth-order valence-electron chi connectivity index (χ4n) is 9.57. The zero-order valence-electron chi connectivity index (χ0n) is 31.8. The first-order chi connectivity index (χ1) is 28.7. The van der Waals surface area contributed by atoms with Crippen LogP contribution in [0.3, 0.4) is 0 Å². The number of amidine groups is 1. The zero-order chi connectivity index (χ0) is 38.3. The molecule has 0 spiro atoms. The maximum atomic E-state index is 6.70. The minimum absolute atomic E-state index is 0.0257. The van der Waals surface area contributed by atoms with E-state index in [0.717, 1.165) is 78.2 Å². The molecule has 1 aliphatic carbocycles. The van der Waals surface area contributed by atoms with Gasteiger partial charge in [-0.05, 0) is 78.7 Å². The van der Waals surface area contributed by atoms with E-state index in [1.165, 1.54) is 27.4 Å². The molecule has 278 valence electrons. The van der Waals surface area contributed by atoms with Crippen molar-refractivity contribution in [3.8, 4) is 16.8 Å². The third kappa shape index (κ3) is 5.05. The molecular weight excluding hydrogens is 713 g/mol. The van der Waals surface area contributed by atoms with Crippen molar-refractivity contribution in [2.24, 2.45) is 10.9 Å². The first-order valence-corrected chi connectivity index (χ1v) is 20.0. The molecule has 3 aromatic heterocycles. The number of furan rings is 2. The number of para-hydroxylation sites is 2. The van der Waals surface area contributed by atoms with Gasteiger partial charge in [-0.15, -0.1) is 0 Å². The Kier molecular flexibility index (Phi) is 7.37. The van der Waals surface area contributed by atoms with Crippen LogP contribution in [0.5, 0.6) is 0 Å². The normalized spacial score (nSPS) is 18.3. The summed E-state index contributed by atoms with van der Waals surface area (Å²) in [4.78, 5) is 7.70. The molecule has 58 heavy (non-hydrogen) atoms. The Hall–Kier alpha value is -7.15. The smallest absolute Gasteiger partial charge is 0.137 e. The van der Waals surface area contributed by atoms with Crippen LogP contribution in [-0.4, -0.2) is 28.5 Å². The quantitative estimate of drug-likeness (QED) is 0.190. The summed E-state index contributed by atoms with van der Waals surface area (Å²) < 4.78 is 15.8. The number of hydrogen-bond donors (Lipinski definition) is 1. The maximum Gasteiger partial charge on any atom is 0.137 e. The molecule has 6 nitrogen and oxygen atoms in total. The molecule has 1 aliphatic heterocycles. The fourth-order valence-corrected chi connectivity index (χ4v) is 9.57. The second kappa shape index (κ2) is 12.9. The van der Waals surface area contributed by atoms with Crippen LogP contribution in [0.15, 0.2) is 178 Å².